The highest BCUT2D eigenvalue weighted by Gasteiger charge is 2.27. The van der Waals surface area contributed by atoms with Crippen molar-refractivity contribution < 1.29 is 28.6 Å². The predicted molar refractivity (Wildman–Crippen MR) is 62.7 cm³/mol. The van der Waals surface area contributed by atoms with Gasteiger partial charge in [0.05, 0.1) is 19.6 Å². The zero-order chi connectivity index (χ0) is 14.0. The molecule has 0 radical (unpaired) electrons. The second kappa shape index (κ2) is 9.44. The van der Waals surface area contributed by atoms with Crippen molar-refractivity contribution in [3.8, 4) is 0 Å². The second-order valence-corrected chi connectivity index (χ2v) is 3.69. The van der Waals surface area contributed by atoms with E-state index in [0.717, 1.165) is 6.92 Å². The van der Waals surface area contributed by atoms with Crippen LogP contribution < -0.4 is 0 Å². The molecule has 0 aromatic rings. The molecule has 0 aliphatic rings. The normalized spacial score (nSPS) is 11.5. The Morgan fingerprint density at radius 2 is 1.56 bits per heavy atom. The van der Waals surface area contributed by atoms with Gasteiger partial charge in [0.15, 0.2) is 0 Å². The van der Waals surface area contributed by atoms with E-state index in [0.29, 0.717) is 12.8 Å². The minimum absolute atomic E-state index is 0.223. The fourth-order valence-corrected chi connectivity index (χ4v) is 1.10. The molecule has 0 aliphatic carbocycles. The highest BCUT2D eigenvalue weighted by Crippen LogP contribution is 2.05. The molecule has 0 saturated heterocycles. The third-order valence-electron chi connectivity index (χ3n) is 1.84. The molecule has 0 spiro atoms. The monoisotopic (exact) mass is 260 g/mol. The summed E-state index contributed by atoms with van der Waals surface area (Å²) >= 11 is 0. The summed E-state index contributed by atoms with van der Waals surface area (Å²) in [6.07, 6.45) is -0.205. The maximum absolute atomic E-state index is 11.5. The fraction of sp³-hybridized carbons (Fsp3) is 0.750. The number of rotatable bonds is 8. The summed E-state index contributed by atoms with van der Waals surface area (Å²) in [6, 6.07) is 0. The number of hydrogen-bond donors (Lipinski definition) is 0. The van der Waals surface area contributed by atoms with Crippen LogP contribution in [0.15, 0.2) is 0 Å². The average Bonchev–Trinajstić information content (AvgIpc) is 2.32. The van der Waals surface area contributed by atoms with Crippen molar-refractivity contribution in [2.24, 2.45) is 0 Å². The van der Waals surface area contributed by atoms with Crippen LogP contribution in [-0.4, -0.2) is 37.2 Å². The Morgan fingerprint density at radius 1 is 1.00 bits per heavy atom. The summed E-state index contributed by atoms with van der Waals surface area (Å²) in [7, 11) is 0. The molecule has 0 rings (SSSR count). The van der Waals surface area contributed by atoms with Crippen molar-refractivity contribution in [1.29, 1.82) is 0 Å². The molecule has 0 saturated carbocycles. The van der Waals surface area contributed by atoms with Gasteiger partial charge >= 0.3 is 17.9 Å². The summed E-state index contributed by atoms with van der Waals surface area (Å²) in [5.41, 5.74) is 0. The van der Waals surface area contributed by atoms with Gasteiger partial charge in [-0.1, -0.05) is 13.8 Å². The van der Waals surface area contributed by atoms with Gasteiger partial charge in [-0.15, -0.1) is 0 Å². The van der Waals surface area contributed by atoms with E-state index in [4.69, 9.17) is 14.2 Å². The Hall–Kier alpha value is -1.59. The lowest BCUT2D eigenvalue weighted by Crippen LogP contribution is -2.31. The second-order valence-electron chi connectivity index (χ2n) is 3.69. The molecule has 0 bridgehead atoms. The van der Waals surface area contributed by atoms with Gasteiger partial charge in [-0.25, -0.2) is 4.79 Å². The highest BCUT2D eigenvalue weighted by atomic mass is 16.6. The van der Waals surface area contributed by atoms with E-state index < -0.39 is 24.0 Å². The van der Waals surface area contributed by atoms with Crippen molar-refractivity contribution in [2.75, 3.05) is 13.2 Å². The third kappa shape index (κ3) is 7.65. The molecule has 0 unspecified atom stereocenters. The zero-order valence-corrected chi connectivity index (χ0v) is 11.1. The van der Waals surface area contributed by atoms with Gasteiger partial charge in [0.1, 0.15) is 0 Å². The Morgan fingerprint density at radius 3 is 2.06 bits per heavy atom. The van der Waals surface area contributed by atoms with Crippen LogP contribution in [0, 0.1) is 0 Å². The minimum Gasteiger partial charge on any atom is -0.466 e. The van der Waals surface area contributed by atoms with Gasteiger partial charge in [0, 0.05) is 6.92 Å². The van der Waals surface area contributed by atoms with Crippen molar-refractivity contribution in [3.63, 3.8) is 0 Å². The molecule has 6 nitrogen and oxygen atoms in total. The number of carbonyl (C=O) groups excluding carboxylic acids is 3. The number of carbonyl (C=O) groups is 3. The smallest absolute Gasteiger partial charge is 0.348 e. The quantitative estimate of drug-likeness (QED) is 0.482. The van der Waals surface area contributed by atoms with Gasteiger partial charge in [-0.2, -0.15) is 0 Å². The lowest BCUT2D eigenvalue weighted by atomic mass is 10.2. The van der Waals surface area contributed by atoms with Crippen LogP contribution in [-0.2, 0) is 28.6 Å². The van der Waals surface area contributed by atoms with Crippen molar-refractivity contribution in [3.05, 3.63) is 0 Å². The molecule has 104 valence electrons. The van der Waals surface area contributed by atoms with Crippen molar-refractivity contribution in [2.45, 2.75) is 46.1 Å². The Labute approximate surface area is 107 Å². The molecule has 0 N–H and O–H groups in total. The fourth-order valence-electron chi connectivity index (χ4n) is 1.10. The first-order valence-electron chi connectivity index (χ1n) is 6.00. The highest BCUT2D eigenvalue weighted by molar-refractivity contribution is 5.84. The van der Waals surface area contributed by atoms with Crippen LogP contribution in [0.3, 0.4) is 0 Å². The minimum atomic E-state index is -1.22. The maximum Gasteiger partial charge on any atom is 0.348 e. The molecule has 0 fully saturated rings. The number of hydrogen-bond acceptors (Lipinski definition) is 6. The van der Waals surface area contributed by atoms with Crippen molar-refractivity contribution >= 4 is 17.9 Å². The van der Waals surface area contributed by atoms with E-state index in [1.807, 2.05) is 13.8 Å². The van der Waals surface area contributed by atoms with Crippen LogP contribution in [0.1, 0.15) is 40.0 Å². The van der Waals surface area contributed by atoms with E-state index in [1.54, 1.807) is 0 Å². The van der Waals surface area contributed by atoms with Crippen LogP contribution in [0.4, 0.5) is 0 Å². The molecule has 1 atom stereocenters. The average molecular weight is 260 g/mol. The first kappa shape index (κ1) is 16.4. The van der Waals surface area contributed by atoms with Crippen LogP contribution in [0.5, 0.6) is 0 Å². The SMILES string of the molecule is CCCOC(=O)C[C@@H](OC(C)=O)C(=O)OCCC. The van der Waals surface area contributed by atoms with E-state index in [1.165, 1.54) is 0 Å². The van der Waals surface area contributed by atoms with E-state index in [2.05, 4.69) is 0 Å². The van der Waals surface area contributed by atoms with Gasteiger partial charge < -0.3 is 14.2 Å². The molecule has 6 heteroatoms. The van der Waals surface area contributed by atoms with E-state index >= 15 is 0 Å². The molecule has 0 aliphatic heterocycles. The van der Waals surface area contributed by atoms with Gasteiger partial charge in [-0.3, -0.25) is 9.59 Å². The summed E-state index contributed by atoms with van der Waals surface area (Å²) in [6.45, 7) is 5.35. The molecular formula is C12H20O6. The van der Waals surface area contributed by atoms with Crippen LogP contribution in [0.2, 0.25) is 0 Å². The van der Waals surface area contributed by atoms with Gasteiger partial charge in [0.2, 0.25) is 6.10 Å². The largest absolute Gasteiger partial charge is 0.466 e. The Balaban J connectivity index is 4.33. The zero-order valence-electron chi connectivity index (χ0n) is 11.1. The number of esters is 3. The Bertz CT molecular complexity index is 286. The predicted octanol–water partition coefficient (Wildman–Crippen LogP) is 1.21. The van der Waals surface area contributed by atoms with E-state index in [9.17, 15) is 14.4 Å². The molecule has 0 aromatic carbocycles. The molecule has 0 aromatic heterocycles. The van der Waals surface area contributed by atoms with Crippen LogP contribution in [0.25, 0.3) is 0 Å². The van der Waals surface area contributed by atoms with Crippen LogP contribution >= 0.6 is 0 Å². The molecular weight excluding hydrogens is 240 g/mol. The van der Waals surface area contributed by atoms with Gasteiger partial charge in [-0.05, 0) is 12.8 Å². The summed E-state index contributed by atoms with van der Waals surface area (Å²) in [5.74, 6) is -1.95. The summed E-state index contributed by atoms with van der Waals surface area (Å²) in [5, 5.41) is 0. The summed E-state index contributed by atoms with van der Waals surface area (Å²) < 4.78 is 14.4. The first-order chi connectivity index (χ1) is 8.51. The van der Waals surface area contributed by atoms with E-state index in [-0.39, 0.29) is 19.6 Å². The summed E-state index contributed by atoms with van der Waals surface area (Å²) in [4.78, 5) is 33.7. The maximum atomic E-state index is 11.5. The lowest BCUT2D eigenvalue weighted by Gasteiger charge is -2.15. The topological polar surface area (TPSA) is 78.9 Å². The molecule has 0 amide bonds. The Kier molecular flexibility index (Phi) is 8.61. The van der Waals surface area contributed by atoms with Crippen molar-refractivity contribution in [1.82, 2.24) is 0 Å². The standard InChI is InChI=1S/C12H20O6/c1-4-6-16-11(14)8-10(18-9(3)13)12(15)17-7-5-2/h10H,4-8H2,1-3H3/t10-/m1/s1. The molecule has 18 heavy (non-hydrogen) atoms. The number of ether oxygens (including phenoxy) is 3. The van der Waals surface area contributed by atoms with Gasteiger partial charge in [0.25, 0.3) is 0 Å². The third-order valence-corrected chi connectivity index (χ3v) is 1.84. The first-order valence-corrected chi connectivity index (χ1v) is 6.00. The lowest BCUT2D eigenvalue weighted by molar-refractivity contribution is -0.170. The molecule has 0 heterocycles.